The summed E-state index contributed by atoms with van der Waals surface area (Å²) in [6.45, 7) is 0.941. The number of carbonyl (C=O) groups is 1. The molecule has 7 heteroatoms. The summed E-state index contributed by atoms with van der Waals surface area (Å²) in [7, 11) is 1.60. The highest BCUT2D eigenvalue weighted by Crippen LogP contribution is 2.24. The minimum atomic E-state index is -0.510. The average Bonchev–Trinajstić information content (AvgIpc) is 3.01. The Balaban J connectivity index is 2.02. The van der Waals surface area contributed by atoms with E-state index < -0.39 is 5.91 Å². The van der Waals surface area contributed by atoms with E-state index in [1.165, 1.54) is 12.1 Å². The van der Waals surface area contributed by atoms with Crippen LogP contribution in [0.4, 0.5) is 0 Å². The molecule has 0 aliphatic rings. The monoisotopic (exact) mass is 338 g/mol. The fourth-order valence-electron chi connectivity index (χ4n) is 2.56. The zero-order valence-electron chi connectivity index (χ0n) is 13.7. The largest absolute Gasteiger partial charge is 0.383 e. The van der Waals surface area contributed by atoms with Gasteiger partial charge >= 0.3 is 0 Å². The molecular formula is C18H18N4O3. The Morgan fingerprint density at radius 1 is 1.40 bits per heavy atom. The van der Waals surface area contributed by atoms with Crippen LogP contribution < -0.4 is 11.3 Å². The van der Waals surface area contributed by atoms with Crippen LogP contribution in [-0.2, 0) is 16.1 Å². The molecule has 0 bridgehead atoms. The van der Waals surface area contributed by atoms with Gasteiger partial charge in [-0.05, 0) is 23.8 Å². The Bertz CT molecular complexity index is 1000. The Labute approximate surface area is 143 Å². The minimum absolute atomic E-state index is 0.0819. The van der Waals surface area contributed by atoms with Gasteiger partial charge < -0.3 is 20.0 Å². The number of ether oxygens (including phenoxy) is 1. The molecule has 0 aromatic carbocycles. The van der Waals surface area contributed by atoms with Crippen LogP contribution in [0.25, 0.3) is 28.2 Å². The van der Waals surface area contributed by atoms with Crippen LogP contribution in [0.15, 0.2) is 47.7 Å². The van der Waals surface area contributed by atoms with E-state index in [9.17, 15) is 9.59 Å². The second kappa shape index (κ2) is 7.14. The van der Waals surface area contributed by atoms with Gasteiger partial charge in [-0.1, -0.05) is 0 Å². The van der Waals surface area contributed by atoms with Gasteiger partial charge in [-0.2, -0.15) is 0 Å². The highest BCUT2D eigenvalue weighted by molar-refractivity contribution is 5.95. The maximum Gasteiger partial charge on any atom is 0.250 e. The number of pyridine rings is 2. The molecule has 0 aliphatic carbocycles. The summed E-state index contributed by atoms with van der Waals surface area (Å²) in [4.78, 5) is 30.3. The summed E-state index contributed by atoms with van der Waals surface area (Å²) in [6.07, 6.45) is 8.24. The SMILES string of the molecule is COCCn1cc(-c2cnc3[nH]cc(C=CC(N)=O)c3c2)ccc1=O. The van der Waals surface area contributed by atoms with Crippen molar-refractivity contribution >= 4 is 23.0 Å². The smallest absolute Gasteiger partial charge is 0.250 e. The van der Waals surface area contributed by atoms with Gasteiger partial charge in [0.1, 0.15) is 5.65 Å². The van der Waals surface area contributed by atoms with E-state index in [0.29, 0.717) is 18.8 Å². The molecule has 0 saturated heterocycles. The molecule has 3 aromatic heterocycles. The van der Waals surface area contributed by atoms with Crippen LogP contribution in [0.2, 0.25) is 0 Å². The van der Waals surface area contributed by atoms with Crippen LogP contribution >= 0.6 is 0 Å². The number of nitrogens with two attached hydrogens (primary N) is 1. The molecule has 128 valence electrons. The maximum atomic E-state index is 11.9. The number of hydrogen-bond acceptors (Lipinski definition) is 4. The van der Waals surface area contributed by atoms with E-state index in [2.05, 4.69) is 9.97 Å². The van der Waals surface area contributed by atoms with Gasteiger partial charge in [0.2, 0.25) is 5.91 Å². The first kappa shape index (κ1) is 16.7. The molecule has 0 unspecified atom stereocenters. The molecule has 3 rings (SSSR count). The van der Waals surface area contributed by atoms with Crippen LogP contribution in [0.5, 0.6) is 0 Å². The van der Waals surface area contributed by atoms with Gasteiger partial charge in [0.15, 0.2) is 0 Å². The summed E-state index contributed by atoms with van der Waals surface area (Å²) < 4.78 is 6.64. The van der Waals surface area contributed by atoms with Gasteiger partial charge in [0.05, 0.1) is 6.61 Å². The van der Waals surface area contributed by atoms with Crippen LogP contribution in [-0.4, -0.2) is 34.2 Å². The van der Waals surface area contributed by atoms with Crippen molar-refractivity contribution in [1.82, 2.24) is 14.5 Å². The normalized spacial score (nSPS) is 11.4. The quantitative estimate of drug-likeness (QED) is 0.665. The summed E-state index contributed by atoms with van der Waals surface area (Å²) in [5, 5.41) is 0.865. The number of hydrogen-bond donors (Lipinski definition) is 2. The number of fused-ring (bicyclic) bond motifs is 1. The Hall–Kier alpha value is -3.19. The lowest BCUT2D eigenvalue weighted by atomic mass is 10.1. The molecule has 0 atom stereocenters. The van der Waals surface area contributed by atoms with E-state index in [4.69, 9.17) is 10.5 Å². The van der Waals surface area contributed by atoms with E-state index in [-0.39, 0.29) is 5.56 Å². The first-order valence-electron chi connectivity index (χ1n) is 7.73. The molecule has 0 aliphatic heterocycles. The number of nitrogens with one attached hydrogen (secondary N) is 1. The molecule has 0 radical (unpaired) electrons. The molecule has 0 fully saturated rings. The van der Waals surface area contributed by atoms with Gasteiger partial charge in [0.25, 0.3) is 5.56 Å². The predicted molar refractivity (Wildman–Crippen MR) is 95.9 cm³/mol. The Kier molecular flexibility index (Phi) is 4.76. The third-order valence-electron chi connectivity index (χ3n) is 3.84. The second-order valence-corrected chi connectivity index (χ2v) is 5.54. The molecule has 3 heterocycles. The van der Waals surface area contributed by atoms with Crippen LogP contribution in [0.1, 0.15) is 5.56 Å². The Morgan fingerprint density at radius 3 is 3.00 bits per heavy atom. The standard InChI is InChI=1S/C18H18N4O3/c1-25-7-6-22-11-13(3-5-17(22)24)14-8-15-12(2-4-16(19)23)9-20-18(15)21-10-14/h2-5,8-11H,6-7H2,1H3,(H2,19,23)(H,20,21). The fraction of sp³-hybridized carbons (Fsp3) is 0.167. The Morgan fingerprint density at radius 2 is 2.24 bits per heavy atom. The summed E-state index contributed by atoms with van der Waals surface area (Å²) >= 11 is 0. The first-order chi connectivity index (χ1) is 12.1. The molecule has 3 N–H and O–H groups in total. The predicted octanol–water partition coefficient (Wildman–Crippen LogP) is 1.54. The van der Waals surface area contributed by atoms with E-state index >= 15 is 0 Å². The molecule has 25 heavy (non-hydrogen) atoms. The topological polar surface area (TPSA) is 103 Å². The zero-order valence-corrected chi connectivity index (χ0v) is 13.7. The number of H-pyrrole nitrogens is 1. The van der Waals surface area contributed by atoms with Crippen LogP contribution in [0.3, 0.4) is 0 Å². The fourth-order valence-corrected chi connectivity index (χ4v) is 2.56. The first-order valence-corrected chi connectivity index (χ1v) is 7.73. The number of aromatic amines is 1. The van der Waals surface area contributed by atoms with Crippen molar-refractivity contribution in [3.63, 3.8) is 0 Å². The molecule has 7 nitrogen and oxygen atoms in total. The third-order valence-corrected chi connectivity index (χ3v) is 3.84. The lowest BCUT2D eigenvalue weighted by Crippen LogP contribution is -2.20. The summed E-state index contributed by atoms with van der Waals surface area (Å²) in [5.41, 5.74) is 8.33. The van der Waals surface area contributed by atoms with Crippen molar-refractivity contribution in [2.45, 2.75) is 6.54 Å². The molecular weight excluding hydrogens is 320 g/mol. The van der Waals surface area contributed by atoms with Crippen LogP contribution in [0, 0.1) is 0 Å². The number of carbonyl (C=O) groups excluding carboxylic acids is 1. The number of aromatic nitrogens is 3. The van der Waals surface area contributed by atoms with E-state index in [1.54, 1.807) is 42.4 Å². The highest BCUT2D eigenvalue weighted by Gasteiger charge is 2.07. The van der Waals surface area contributed by atoms with Gasteiger partial charge in [-0.15, -0.1) is 0 Å². The van der Waals surface area contributed by atoms with Crippen molar-refractivity contribution in [2.75, 3.05) is 13.7 Å². The van der Waals surface area contributed by atoms with Gasteiger partial charge in [-0.3, -0.25) is 9.59 Å². The number of rotatable bonds is 6. The number of nitrogens with zero attached hydrogens (tertiary/aromatic N) is 2. The van der Waals surface area contributed by atoms with Crippen molar-refractivity contribution in [1.29, 1.82) is 0 Å². The van der Waals surface area contributed by atoms with E-state index in [1.807, 2.05) is 6.07 Å². The van der Waals surface area contributed by atoms with E-state index in [0.717, 1.165) is 22.1 Å². The van der Waals surface area contributed by atoms with Crippen molar-refractivity contribution in [3.8, 4) is 11.1 Å². The van der Waals surface area contributed by atoms with Crippen molar-refractivity contribution in [3.05, 3.63) is 58.8 Å². The van der Waals surface area contributed by atoms with Gasteiger partial charge in [0, 0.05) is 60.9 Å². The van der Waals surface area contributed by atoms with Gasteiger partial charge in [-0.25, -0.2) is 4.98 Å². The highest BCUT2D eigenvalue weighted by atomic mass is 16.5. The molecule has 0 spiro atoms. The average molecular weight is 338 g/mol. The van der Waals surface area contributed by atoms with Crippen molar-refractivity contribution < 1.29 is 9.53 Å². The summed E-state index contributed by atoms with van der Waals surface area (Å²) in [6, 6.07) is 5.25. The second-order valence-electron chi connectivity index (χ2n) is 5.54. The number of methoxy groups -OCH3 is 1. The third kappa shape index (κ3) is 3.67. The minimum Gasteiger partial charge on any atom is -0.383 e. The molecule has 0 saturated carbocycles. The maximum absolute atomic E-state index is 11.9. The van der Waals surface area contributed by atoms with Crippen molar-refractivity contribution in [2.24, 2.45) is 5.73 Å². The molecule has 1 amide bonds. The zero-order chi connectivity index (χ0) is 17.8. The number of amides is 1. The number of primary amides is 1. The molecule has 3 aromatic rings. The lowest BCUT2D eigenvalue weighted by Gasteiger charge is -2.08. The lowest BCUT2D eigenvalue weighted by molar-refractivity contribution is -0.113. The summed E-state index contributed by atoms with van der Waals surface area (Å²) in [5.74, 6) is -0.510.